The van der Waals surface area contributed by atoms with Crippen LogP contribution in [0.15, 0.2) is 36.4 Å². The average molecular weight is 459 g/mol. The number of phenols is 1. The van der Waals surface area contributed by atoms with Crippen LogP contribution in [0.25, 0.3) is 0 Å². The summed E-state index contributed by atoms with van der Waals surface area (Å²) in [6.45, 7) is 7.38. The maximum absolute atomic E-state index is 13.1. The highest BCUT2D eigenvalue weighted by Gasteiger charge is 2.72. The molecular formula is C19H18BrCl2NO3. The van der Waals surface area contributed by atoms with Crippen LogP contribution in [0.2, 0.25) is 0 Å². The van der Waals surface area contributed by atoms with Crippen molar-refractivity contribution in [3.63, 3.8) is 0 Å². The van der Waals surface area contributed by atoms with Crippen molar-refractivity contribution in [1.29, 1.82) is 0 Å². The number of nitrogens with zero attached hydrogens (tertiary/aromatic N) is 1. The first-order valence-corrected chi connectivity index (χ1v) is 9.94. The number of carbonyl (C=O) groups is 2. The topological polar surface area (TPSA) is 57.6 Å². The number of hydrogen-bond donors (Lipinski definition) is 1. The molecule has 0 aromatic heterocycles. The lowest BCUT2D eigenvalue weighted by molar-refractivity contribution is -0.138. The fourth-order valence-corrected chi connectivity index (χ4v) is 5.25. The molecule has 26 heavy (non-hydrogen) atoms. The molecule has 2 amide bonds. The average Bonchev–Trinajstić information content (AvgIpc) is 2.75. The Labute approximate surface area is 170 Å². The molecule has 3 unspecified atom stereocenters. The normalized spacial score (nSPS) is 31.0. The van der Waals surface area contributed by atoms with Gasteiger partial charge in [-0.2, -0.15) is 0 Å². The number of benzene rings is 1. The molecule has 0 spiro atoms. The molecule has 3 rings (SSSR count). The molecule has 7 heteroatoms. The molecule has 138 valence electrons. The van der Waals surface area contributed by atoms with Gasteiger partial charge < -0.3 is 5.11 Å². The molecule has 1 heterocycles. The molecular weight excluding hydrogens is 441 g/mol. The van der Waals surface area contributed by atoms with Crippen LogP contribution < -0.4 is 0 Å². The molecule has 1 saturated heterocycles. The maximum atomic E-state index is 13.1. The molecule has 1 aliphatic carbocycles. The first-order valence-electron chi connectivity index (χ1n) is 8.06. The summed E-state index contributed by atoms with van der Waals surface area (Å²) in [6.07, 6.45) is 3.59. The molecule has 0 bridgehead atoms. The summed E-state index contributed by atoms with van der Waals surface area (Å²) in [5.74, 6) is -1.51. The van der Waals surface area contributed by atoms with Crippen molar-refractivity contribution in [2.75, 3.05) is 5.45 Å². The highest BCUT2D eigenvalue weighted by molar-refractivity contribution is 9.09. The molecule has 1 aromatic carbocycles. The highest BCUT2D eigenvalue weighted by Crippen LogP contribution is 2.59. The SMILES string of the molecule is C=CC1=CCC2(Cl)C(=O)N(CBr)C(=O)C2(Cl)C1c1cc(C)c(O)c(C)c1. The Balaban J connectivity index is 2.30. The Morgan fingerprint density at radius 3 is 2.38 bits per heavy atom. The van der Waals surface area contributed by atoms with Crippen molar-refractivity contribution in [1.82, 2.24) is 4.90 Å². The van der Waals surface area contributed by atoms with E-state index in [9.17, 15) is 14.7 Å². The van der Waals surface area contributed by atoms with Gasteiger partial charge in [0.05, 0.1) is 5.45 Å². The van der Waals surface area contributed by atoms with Crippen molar-refractivity contribution in [3.05, 3.63) is 53.1 Å². The lowest BCUT2D eigenvalue weighted by atomic mass is 9.68. The summed E-state index contributed by atoms with van der Waals surface area (Å²) in [6, 6.07) is 3.54. The monoisotopic (exact) mass is 457 g/mol. The number of carbonyl (C=O) groups excluding carboxylic acids is 2. The molecule has 1 N–H and O–H groups in total. The van der Waals surface area contributed by atoms with E-state index in [1.807, 2.05) is 6.08 Å². The van der Waals surface area contributed by atoms with Crippen molar-refractivity contribution in [3.8, 4) is 5.75 Å². The Morgan fingerprint density at radius 2 is 1.88 bits per heavy atom. The number of hydrogen-bond acceptors (Lipinski definition) is 3. The predicted octanol–water partition coefficient (Wildman–Crippen LogP) is 4.29. The Kier molecular flexibility index (Phi) is 4.79. The summed E-state index contributed by atoms with van der Waals surface area (Å²) >= 11 is 16.8. The second-order valence-corrected chi connectivity index (χ2v) is 8.46. The number of fused-ring (bicyclic) bond motifs is 1. The summed E-state index contributed by atoms with van der Waals surface area (Å²) in [5, 5.41) is 10.1. The Hall–Kier alpha value is -1.30. The van der Waals surface area contributed by atoms with Gasteiger partial charge in [-0.15, -0.1) is 23.2 Å². The number of amides is 2. The zero-order chi connectivity index (χ0) is 19.4. The number of aryl methyl sites for hydroxylation is 2. The molecule has 2 aliphatic rings. The second-order valence-electron chi connectivity index (χ2n) is 6.72. The molecule has 3 atom stereocenters. The minimum absolute atomic E-state index is 0.0252. The van der Waals surface area contributed by atoms with Crippen LogP contribution >= 0.6 is 39.1 Å². The predicted molar refractivity (Wildman–Crippen MR) is 106 cm³/mol. The fourth-order valence-electron chi connectivity index (χ4n) is 3.91. The summed E-state index contributed by atoms with van der Waals surface area (Å²) in [7, 11) is 0. The number of alkyl halides is 3. The second kappa shape index (κ2) is 6.39. The largest absolute Gasteiger partial charge is 0.507 e. The molecule has 1 aromatic rings. The first kappa shape index (κ1) is 19.5. The fraction of sp³-hybridized carbons (Fsp3) is 0.368. The van der Waals surface area contributed by atoms with Crippen LogP contribution in [0.3, 0.4) is 0 Å². The first-order chi connectivity index (χ1) is 12.1. The lowest BCUT2D eigenvalue weighted by Gasteiger charge is -2.42. The number of imide groups is 1. The van der Waals surface area contributed by atoms with E-state index in [2.05, 4.69) is 22.5 Å². The Morgan fingerprint density at radius 1 is 1.31 bits per heavy atom. The van der Waals surface area contributed by atoms with Gasteiger partial charge in [0, 0.05) is 5.92 Å². The van der Waals surface area contributed by atoms with E-state index in [4.69, 9.17) is 23.2 Å². The number of likely N-dealkylation sites (tertiary alicyclic amines) is 1. The summed E-state index contributed by atoms with van der Waals surface area (Å²) < 4.78 is 0. The van der Waals surface area contributed by atoms with Gasteiger partial charge in [0.2, 0.25) is 0 Å². The summed E-state index contributed by atoms with van der Waals surface area (Å²) in [4.78, 5) is 23.8. The van der Waals surface area contributed by atoms with Crippen LogP contribution in [-0.4, -0.2) is 37.0 Å². The number of halogens is 3. The van der Waals surface area contributed by atoms with Gasteiger partial charge >= 0.3 is 0 Å². The van der Waals surface area contributed by atoms with Crippen molar-refractivity contribution < 1.29 is 14.7 Å². The molecule has 1 fully saturated rings. The van der Waals surface area contributed by atoms with Crippen LogP contribution in [0, 0.1) is 13.8 Å². The van der Waals surface area contributed by atoms with Gasteiger partial charge in [0.1, 0.15) is 5.75 Å². The Bertz CT molecular complexity index is 845. The van der Waals surface area contributed by atoms with E-state index in [0.717, 1.165) is 10.5 Å². The molecule has 4 nitrogen and oxygen atoms in total. The van der Waals surface area contributed by atoms with E-state index >= 15 is 0 Å². The van der Waals surface area contributed by atoms with Crippen LogP contribution in [-0.2, 0) is 9.59 Å². The van der Waals surface area contributed by atoms with Gasteiger partial charge in [0.25, 0.3) is 11.8 Å². The molecule has 0 saturated carbocycles. The minimum Gasteiger partial charge on any atom is -0.507 e. The number of phenolic OH excluding ortho intramolecular Hbond substituents is 1. The number of rotatable bonds is 3. The number of aromatic hydroxyl groups is 1. The van der Waals surface area contributed by atoms with Crippen LogP contribution in [0.5, 0.6) is 5.75 Å². The van der Waals surface area contributed by atoms with Crippen molar-refractivity contribution in [2.45, 2.75) is 35.9 Å². The van der Waals surface area contributed by atoms with Crippen molar-refractivity contribution >= 4 is 50.9 Å². The zero-order valence-electron chi connectivity index (χ0n) is 14.4. The van der Waals surface area contributed by atoms with Crippen LogP contribution in [0.1, 0.15) is 29.0 Å². The van der Waals surface area contributed by atoms with Gasteiger partial charge in [-0.1, -0.05) is 46.8 Å². The van der Waals surface area contributed by atoms with Gasteiger partial charge in [0.15, 0.2) is 9.75 Å². The standard InChI is InChI=1S/C19H18BrCl2NO3/c1-4-12-5-6-18(21)16(25)23(9-20)17(26)19(18,22)14(12)13-7-10(2)15(24)11(3)8-13/h4-5,7-8,14,24H,1,6,9H2,2-3H3. The van der Waals surface area contributed by atoms with Gasteiger partial charge in [-0.05, 0) is 42.5 Å². The van der Waals surface area contributed by atoms with Crippen molar-refractivity contribution in [2.24, 2.45) is 0 Å². The molecule has 0 radical (unpaired) electrons. The third kappa shape index (κ3) is 2.33. The quantitative estimate of drug-likeness (QED) is 0.417. The zero-order valence-corrected chi connectivity index (χ0v) is 17.5. The number of allylic oxidation sites excluding steroid dienone is 3. The van der Waals surface area contributed by atoms with E-state index in [-0.39, 0.29) is 17.6 Å². The van der Waals surface area contributed by atoms with E-state index in [0.29, 0.717) is 16.7 Å². The van der Waals surface area contributed by atoms with E-state index in [1.165, 1.54) is 0 Å². The van der Waals surface area contributed by atoms with Gasteiger partial charge in [-0.3, -0.25) is 14.5 Å². The minimum atomic E-state index is -1.67. The van der Waals surface area contributed by atoms with Crippen LogP contribution in [0.4, 0.5) is 0 Å². The third-order valence-corrected chi connectivity index (χ3v) is 7.18. The van der Waals surface area contributed by atoms with E-state index in [1.54, 1.807) is 32.1 Å². The van der Waals surface area contributed by atoms with E-state index < -0.39 is 27.5 Å². The molecule has 1 aliphatic heterocycles. The van der Waals surface area contributed by atoms with Gasteiger partial charge in [-0.25, -0.2) is 0 Å². The summed E-state index contributed by atoms with van der Waals surface area (Å²) in [5.41, 5.74) is 2.78. The maximum Gasteiger partial charge on any atom is 0.254 e. The third-order valence-electron chi connectivity index (χ3n) is 5.27. The highest BCUT2D eigenvalue weighted by atomic mass is 79.9. The smallest absolute Gasteiger partial charge is 0.254 e. The lowest BCUT2D eigenvalue weighted by Crippen LogP contribution is -2.54.